The monoisotopic (exact) mass is 321 g/mol. The van der Waals surface area contributed by atoms with Crippen LogP contribution >= 0.6 is 24.2 Å². The first-order chi connectivity index (χ1) is 9.15. The van der Waals surface area contributed by atoms with Gasteiger partial charge in [0.2, 0.25) is 11.8 Å². The highest BCUT2D eigenvalue weighted by Gasteiger charge is 2.26. The molecule has 0 aliphatic carbocycles. The highest BCUT2D eigenvalue weighted by Crippen LogP contribution is 2.15. The zero-order chi connectivity index (χ0) is 13.7. The van der Waals surface area contributed by atoms with Gasteiger partial charge in [0.05, 0.1) is 0 Å². The normalized spacial score (nSPS) is 26.6. The molecule has 2 unspecified atom stereocenters. The molecule has 0 saturated carbocycles. The van der Waals surface area contributed by atoms with Crippen molar-refractivity contribution in [3.05, 3.63) is 0 Å². The molecule has 0 bridgehead atoms. The van der Waals surface area contributed by atoms with E-state index in [1.165, 1.54) is 6.92 Å². The van der Waals surface area contributed by atoms with Crippen LogP contribution in [0.15, 0.2) is 0 Å². The van der Waals surface area contributed by atoms with Gasteiger partial charge in [-0.2, -0.15) is 11.8 Å². The minimum Gasteiger partial charge on any atom is -0.352 e. The maximum Gasteiger partial charge on any atom is 0.224 e. The summed E-state index contributed by atoms with van der Waals surface area (Å²) in [6.45, 7) is 4.02. The van der Waals surface area contributed by atoms with Crippen molar-refractivity contribution in [2.75, 3.05) is 31.1 Å². The highest BCUT2D eigenvalue weighted by atomic mass is 35.5. The molecule has 2 fully saturated rings. The molecule has 0 aromatic heterocycles. The van der Waals surface area contributed by atoms with Gasteiger partial charge in [-0.3, -0.25) is 9.59 Å². The molecule has 0 spiro atoms. The SMILES string of the molecule is CC(=O)NC1CCCN(C(=O)CC2CSCCN2)C1.Cl. The topological polar surface area (TPSA) is 61.4 Å². The number of amides is 2. The van der Waals surface area contributed by atoms with Crippen molar-refractivity contribution in [2.24, 2.45) is 0 Å². The van der Waals surface area contributed by atoms with Crippen molar-refractivity contribution in [3.8, 4) is 0 Å². The van der Waals surface area contributed by atoms with Gasteiger partial charge in [-0.25, -0.2) is 0 Å². The molecule has 0 aromatic carbocycles. The van der Waals surface area contributed by atoms with Gasteiger partial charge < -0.3 is 15.5 Å². The number of likely N-dealkylation sites (tertiary alicyclic amines) is 1. The minimum absolute atomic E-state index is 0. The van der Waals surface area contributed by atoms with E-state index in [2.05, 4.69) is 10.6 Å². The lowest BCUT2D eigenvalue weighted by molar-refractivity contribution is -0.133. The Morgan fingerprint density at radius 2 is 2.25 bits per heavy atom. The number of thioether (sulfide) groups is 1. The van der Waals surface area contributed by atoms with Crippen LogP contribution in [0.3, 0.4) is 0 Å². The number of hydrogen-bond acceptors (Lipinski definition) is 4. The number of carbonyl (C=O) groups excluding carboxylic acids is 2. The van der Waals surface area contributed by atoms with E-state index in [4.69, 9.17) is 0 Å². The molecule has 2 saturated heterocycles. The first-order valence-electron chi connectivity index (χ1n) is 7.01. The summed E-state index contributed by atoms with van der Waals surface area (Å²) in [5.41, 5.74) is 0. The molecule has 0 radical (unpaired) electrons. The Hall–Kier alpha value is -0.460. The third-order valence-corrected chi connectivity index (χ3v) is 4.73. The fraction of sp³-hybridized carbons (Fsp3) is 0.846. The Morgan fingerprint density at radius 1 is 1.45 bits per heavy atom. The molecule has 5 nitrogen and oxygen atoms in total. The number of piperidine rings is 1. The van der Waals surface area contributed by atoms with E-state index in [9.17, 15) is 9.59 Å². The second-order valence-corrected chi connectivity index (χ2v) is 6.46. The molecule has 2 heterocycles. The fourth-order valence-electron chi connectivity index (χ4n) is 2.70. The molecule has 7 heteroatoms. The van der Waals surface area contributed by atoms with Gasteiger partial charge in [-0.05, 0) is 12.8 Å². The average Bonchev–Trinajstić information content (AvgIpc) is 2.39. The highest BCUT2D eigenvalue weighted by molar-refractivity contribution is 7.99. The van der Waals surface area contributed by atoms with E-state index in [1.54, 1.807) is 0 Å². The van der Waals surface area contributed by atoms with Crippen LogP contribution in [-0.4, -0.2) is 59.9 Å². The largest absolute Gasteiger partial charge is 0.352 e. The smallest absolute Gasteiger partial charge is 0.224 e. The first kappa shape index (κ1) is 17.6. The predicted molar refractivity (Wildman–Crippen MR) is 84.4 cm³/mol. The van der Waals surface area contributed by atoms with Crippen LogP contribution in [0.2, 0.25) is 0 Å². The van der Waals surface area contributed by atoms with Gasteiger partial charge in [-0.15, -0.1) is 12.4 Å². The Morgan fingerprint density at radius 3 is 2.90 bits per heavy atom. The molecule has 116 valence electrons. The van der Waals surface area contributed by atoms with Crippen molar-refractivity contribution < 1.29 is 9.59 Å². The number of nitrogens with one attached hydrogen (secondary N) is 2. The summed E-state index contributed by atoms with van der Waals surface area (Å²) in [5.74, 6) is 2.37. The van der Waals surface area contributed by atoms with Crippen molar-refractivity contribution in [3.63, 3.8) is 0 Å². The van der Waals surface area contributed by atoms with Crippen LogP contribution in [-0.2, 0) is 9.59 Å². The Kier molecular flexibility index (Phi) is 7.69. The molecule has 20 heavy (non-hydrogen) atoms. The van der Waals surface area contributed by atoms with Gasteiger partial charge in [-0.1, -0.05) is 0 Å². The summed E-state index contributed by atoms with van der Waals surface area (Å²) in [5, 5.41) is 6.31. The van der Waals surface area contributed by atoms with E-state index in [0.717, 1.165) is 37.4 Å². The molecule has 2 aliphatic heterocycles. The van der Waals surface area contributed by atoms with Crippen LogP contribution in [0.4, 0.5) is 0 Å². The lowest BCUT2D eigenvalue weighted by Crippen LogP contribution is -2.50. The van der Waals surface area contributed by atoms with E-state index >= 15 is 0 Å². The van der Waals surface area contributed by atoms with Crippen LogP contribution in [0.1, 0.15) is 26.2 Å². The van der Waals surface area contributed by atoms with Crippen molar-refractivity contribution >= 4 is 36.0 Å². The summed E-state index contributed by atoms with van der Waals surface area (Å²) in [4.78, 5) is 25.2. The van der Waals surface area contributed by atoms with Crippen LogP contribution in [0, 0.1) is 0 Å². The van der Waals surface area contributed by atoms with Gasteiger partial charge >= 0.3 is 0 Å². The third-order valence-electron chi connectivity index (χ3n) is 3.60. The van der Waals surface area contributed by atoms with Crippen molar-refractivity contribution in [2.45, 2.75) is 38.3 Å². The zero-order valence-electron chi connectivity index (χ0n) is 11.9. The summed E-state index contributed by atoms with van der Waals surface area (Å²) in [7, 11) is 0. The Balaban J connectivity index is 0.00000200. The maximum absolute atomic E-state index is 12.3. The molecule has 2 amide bonds. The molecule has 2 N–H and O–H groups in total. The van der Waals surface area contributed by atoms with Gasteiger partial charge in [0.25, 0.3) is 0 Å². The second-order valence-electron chi connectivity index (χ2n) is 5.31. The molecule has 2 rings (SSSR count). The lowest BCUT2D eigenvalue weighted by Gasteiger charge is -2.34. The van der Waals surface area contributed by atoms with Crippen molar-refractivity contribution in [1.82, 2.24) is 15.5 Å². The summed E-state index contributed by atoms with van der Waals surface area (Å²) < 4.78 is 0. The Labute approximate surface area is 131 Å². The van der Waals surface area contributed by atoms with E-state index in [-0.39, 0.29) is 30.3 Å². The van der Waals surface area contributed by atoms with E-state index in [1.807, 2.05) is 16.7 Å². The van der Waals surface area contributed by atoms with Gasteiger partial charge in [0, 0.05) is 56.6 Å². The van der Waals surface area contributed by atoms with Gasteiger partial charge in [0.15, 0.2) is 0 Å². The second kappa shape index (κ2) is 8.74. The number of hydrogen-bond donors (Lipinski definition) is 2. The molecule has 2 atom stereocenters. The predicted octanol–water partition coefficient (Wildman–Crippen LogP) is 0.630. The Bertz CT molecular complexity index is 338. The fourth-order valence-corrected chi connectivity index (χ4v) is 3.65. The summed E-state index contributed by atoms with van der Waals surface area (Å²) in [6, 6.07) is 0.441. The number of nitrogens with zero attached hydrogens (tertiary/aromatic N) is 1. The van der Waals surface area contributed by atoms with Crippen LogP contribution in [0.25, 0.3) is 0 Å². The number of halogens is 1. The van der Waals surface area contributed by atoms with Crippen molar-refractivity contribution in [1.29, 1.82) is 0 Å². The molecule has 0 aromatic rings. The number of carbonyl (C=O) groups is 2. The lowest BCUT2D eigenvalue weighted by atomic mass is 10.0. The summed E-state index contributed by atoms with van der Waals surface area (Å²) in [6.07, 6.45) is 2.53. The van der Waals surface area contributed by atoms with Gasteiger partial charge in [0.1, 0.15) is 0 Å². The van der Waals surface area contributed by atoms with E-state index < -0.39 is 0 Å². The quantitative estimate of drug-likeness (QED) is 0.800. The van der Waals surface area contributed by atoms with E-state index in [0.29, 0.717) is 19.0 Å². The molecular weight excluding hydrogens is 298 g/mol. The number of rotatable bonds is 3. The molecular formula is C13H24ClN3O2S. The maximum atomic E-state index is 12.3. The minimum atomic E-state index is -0.00959. The first-order valence-corrected chi connectivity index (χ1v) is 8.16. The molecule has 2 aliphatic rings. The standard InChI is InChI=1S/C13H23N3O2S.ClH/c1-10(17)15-11-3-2-5-16(8-11)13(18)7-12-9-19-6-4-14-12;/h11-12,14H,2-9H2,1H3,(H,15,17);1H. The van der Waals surface area contributed by atoms with Crippen LogP contribution < -0.4 is 10.6 Å². The summed E-state index contributed by atoms with van der Waals surface area (Å²) >= 11 is 1.91. The van der Waals surface area contributed by atoms with Crippen LogP contribution in [0.5, 0.6) is 0 Å². The zero-order valence-corrected chi connectivity index (χ0v) is 13.5. The average molecular weight is 322 g/mol. The third kappa shape index (κ3) is 5.50.